The van der Waals surface area contributed by atoms with Crippen LogP contribution in [0.3, 0.4) is 0 Å². The lowest BCUT2D eigenvalue weighted by molar-refractivity contribution is 1.57. The zero-order valence-corrected chi connectivity index (χ0v) is 34.4. The molecule has 0 heterocycles. The van der Waals surface area contributed by atoms with E-state index in [1.54, 1.807) is 0 Å². The molecule has 292 valence electrons. The zero-order valence-electron chi connectivity index (χ0n) is 34.4. The Morgan fingerprint density at radius 3 is 1.15 bits per heavy atom. The van der Waals surface area contributed by atoms with Gasteiger partial charge in [0.15, 0.2) is 0 Å². The Morgan fingerprint density at radius 1 is 0.258 bits per heavy atom. The van der Waals surface area contributed by atoms with Gasteiger partial charge in [-0.1, -0.05) is 255 Å². The van der Waals surface area contributed by atoms with E-state index in [0.29, 0.717) is 0 Å². The van der Waals surface area contributed by atoms with Gasteiger partial charge < -0.3 is 0 Å². The van der Waals surface area contributed by atoms with Crippen LogP contribution in [0.15, 0.2) is 231 Å². The summed E-state index contributed by atoms with van der Waals surface area (Å²) in [6.07, 6.45) is 13.6. The van der Waals surface area contributed by atoms with Gasteiger partial charge >= 0.3 is 0 Å². The fraction of sp³-hybridized carbons (Fsp3) is 0. The smallest absolute Gasteiger partial charge is 0.00992 e. The average molecular weight is 789 g/mol. The molecule has 10 rings (SSSR count). The molecule has 0 saturated carbocycles. The molecule has 0 spiro atoms. The minimum Gasteiger partial charge on any atom is -0.0622 e. The maximum Gasteiger partial charge on any atom is -0.00992 e. The first-order valence-corrected chi connectivity index (χ1v) is 21.3. The van der Waals surface area contributed by atoms with Gasteiger partial charge in [0.2, 0.25) is 0 Å². The minimum atomic E-state index is 1.15. The van der Waals surface area contributed by atoms with Crippen molar-refractivity contribution in [1.82, 2.24) is 0 Å². The van der Waals surface area contributed by atoms with Crippen LogP contribution in [0, 0.1) is 0 Å². The molecule has 0 atom stereocenters. The summed E-state index contributed by atoms with van der Waals surface area (Å²) in [4.78, 5) is 0. The number of benzene rings is 10. The van der Waals surface area contributed by atoms with Crippen molar-refractivity contribution < 1.29 is 0 Å². The molecule has 10 aromatic carbocycles. The van der Waals surface area contributed by atoms with Crippen LogP contribution >= 0.6 is 0 Å². The highest BCUT2D eigenvalue weighted by atomic mass is 14.2. The van der Waals surface area contributed by atoms with Crippen molar-refractivity contribution in [2.75, 3.05) is 0 Å². The molecule has 62 heavy (non-hydrogen) atoms. The first-order chi connectivity index (χ1) is 30.7. The van der Waals surface area contributed by atoms with E-state index in [1.807, 2.05) is 0 Å². The Balaban J connectivity index is 0.939. The van der Waals surface area contributed by atoms with Crippen LogP contribution in [0.2, 0.25) is 0 Å². The Morgan fingerprint density at radius 2 is 0.645 bits per heavy atom. The molecule has 0 aliphatic heterocycles. The van der Waals surface area contributed by atoms with Crippen molar-refractivity contribution in [3.63, 3.8) is 0 Å². The van der Waals surface area contributed by atoms with E-state index in [1.165, 1.54) is 76.8 Å². The van der Waals surface area contributed by atoms with Crippen LogP contribution < -0.4 is 0 Å². The van der Waals surface area contributed by atoms with Gasteiger partial charge in [0.25, 0.3) is 0 Å². The quantitative estimate of drug-likeness (QED) is 0.121. The van der Waals surface area contributed by atoms with Crippen LogP contribution in [0.5, 0.6) is 0 Å². The van der Waals surface area contributed by atoms with Gasteiger partial charge in [0.05, 0.1) is 0 Å². The van der Waals surface area contributed by atoms with Crippen molar-refractivity contribution in [3.05, 3.63) is 286 Å². The largest absolute Gasteiger partial charge is 0.0622 e. The molecular formula is C62H44. The topological polar surface area (TPSA) is 0 Å². The summed E-state index contributed by atoms with van der Waals surface area (Å²) in [6.45, 7) is 0. The summed E-state index contributed by atoms with van der Waals surface area (Å²) < 4.78 is 0. The molecule has 0 amide bonds. The van der Waals surface area contributed by atoms with Gasteiger partial charge in [-0.3, -0.25) is 0 Å². The highest BCUT2D eigenvalue weighted by molar-refractivity contribution is 6.04. The lowest BCUT2D eigenvalue weighted by atomic mass is 9.91. The number of fused-ring (bicyclic) bond motifs is 3. The predicted octanol–water partition coefficient (Wildman–Crippen LogP) is 16.7. The third-order valence-electron chi connectivity index (χ3n) is 11.7. The highest BCUT2D eigenvalue weighted by Gasteiger charge is 2.11. The van der Waals surface area contributed by atoms with Gasteiger partial charge in [-0.05, 0) is 111 Å². The second kappa shape index (κ2) is 17.7. The third kappa shape index (κ3) is 8.23. The molecule has 0 aromatic heterocycles. The van der Waals surface area contributed by atoms with Crippen molar-refractivity contribution in [2.45, 2.75) is 0 Å². The van der Waals surface area contributed by atoms with E-state index in [-0.39, 0.29) is 0 Å². The van der Waals surface area contributed by atoms with E-state index in [9.17, 15) is 0 Å². The van der Waals surface area contributed by atoms with Crippen molar-refractivity contribution in [2.24, 2.45) is 0 Å². The summed E-state index contributed by atoms with van der Waals surface area (Å²) in [5.41, 5.74) is 14.3. The second-order valence-corrected chi connectivity index (χ2v) is 15.7. The van der Waals surface area contributed by atoms with Gasteiger partial charge in [0.1, 0.15) is 0 Å². The molecule has 0 fully saturated rings. The fourth-order valence-electron chi connectivity index (χ4n) is 8.54. The summed E-state index contributed by atoms with van der Waals surface area (Å²) >= 11 is 0. The minimum absolute atomic E-state index is 1.15. The maximum absolute atomic E-state index is 2.31. The fourth-order valence-corrected chi connectivity index (χ4v) is 8.54. The van der Waals surface area contributed by atoms with E-state index in [2.05, 4.69) is 267 Å². The van der Waals surface area contributed by atoms with E-state index in [0.717, 1.165) is 22.3 Å². The second-order valence-electron chi connectivity index (χ2n) is 15.7. The molecule has 0 nitrogen and oxygen atoms in total. The monoisotopic (exact) mass is 788 g/mol. The summed E-state index contributed by atoms with van der Waals surface area (Å²) in [6, 6.07) is 82.7. The molecule has 10 aromatic rings. The SMILES string of the molecule is C(=C\c1ccc2ccccc2c1/C=C/c1ccc(/C=C(\c2ccccc2)c2cccc3ccccc23)cc1)/c1ccc(/C=C(\c2ccccc2)c2cccc3ccccc23)cc1. The summed E-state index contributed by atoms with van der Waals surface area (Å²) in [5, 5.41) is 7.45. The number of rotatable bonds is 10. The van der Waals surface area contributed by atoms with Crippen LogP contribution in [0.4, 0.5) is 0 Å². The third-order valence-corrected chi connectivity index (χ3v) is 11.7. The first kappa shape index (κ1) is 38.2. The van der Waals surface area contributed by atoms with Gasteiger partial charge in [-0.2, -0.15) is 0 Å². The van der Waals surface area contributed by atoms with E-state index >= 15 is 0 Å². The van der Waals surface area contributed by atoms with Crippen LogP contribution in [-0.2, 0) is 0 Å². The molecule has 0 bridgehead atoms. The first-order valence-electron chi connectivity index (χ1n) is 21.3. The van der Waals surface area contributed by atoms with Gasteiger partial charge in [-0.25, -0.2) is 0 Å². The van der Waals surface area contributed by atoms with Crippen LogP contribution in [0.25, 0.3) is 79.9 Å². The van der Waals surface area contributed by atoms with Crippen molar-refractivity contribution in [3.8, 4) is 0 Å². The lowest BCUT2D eigenvalue weighted by Gasteiger charge is -2.12. The average Bonchev–Trinajstić information content (AvgIpc) is 3.34. The Hall–Kier alpha value is -8.06. The van der Waals surface area contributed by atoms with Crippen molar-refractivity contribution in [1.29, 1.82) is 0 Å². The molecule has 0 saturated heterocycles. The summed E-state index contributed by atoms with van der Waals surface area (Å²) in [5.74, 6) is 0. The number of hydrogen-bond acceptors (Lipinski definition) is 0. The van der Waals surface area contributed by atoms with E-state index in [4.69, 9.17) is 0 Å². The standard InChI is InChI=1S/C62H44/c1-3-15-51(16-4-1)61(59-27-13-22-49-19-7-11-25-56(49)59)43-47-33-29-45(30-34-47)37-39-54-41-40-53-21-9-10-24-55(53)58(54)42-38-46-31-35-48(36-32-46)44-62(52-17-5-2-6-18-52)60-28-14-23-50-20-8-12-26-57(50)60/h1-44H/b39-37+,42-38+,61-43+,62-44+. The van der Waals surface area contributed by atoms with Gasteiger partial charge in [-0.15, -0.1) is 0 Å². The zero-order chi connectivity index (χ0) is 41.5. The van der Waals surface area contributed by atoms with Gasteiger partial charge in [0, 0.05) is 0 Å². The molecule has 0 unspecified atom stereocenters. The molecule has 0 heteroatoms. The summed E-state index contributed by atoms with van der Waals surface area (Å²) in [7, 11) is 0. The predicted molar refractivity (Wildman–Crippen MR) is 269 cm³/mol. The number of hydrogen-bond donors (Lipinski definition) is 0. The molecule has 0 aliphatic rings. The Labute approximate surface area is 364 Å². The lowest BCUT2D eigenvalue weighted by Crippen LogP contribution is -1.90. The van der Waals surface area contributed by atoms with E-state index < -0.39 is 0 Å². The van der Waals surface area contributed by atoms with Crippen LogP contribution in [0.1, 0.15) is 55.6 Å². The Kier molecular flexibility index (Phi) is 10.9. The normalized spacial score (nSPS) is 12.3. The maximum atomic E-state index is 2.31. The Bertz CT molecular complexity index is 3280. The molecule has 0 aliphatic carbocycles. The van der Waals surface area contributed by atoms with Crippen LogP contribution in [-0.4, -0.2) is 0 Å². The highest BCUT2D eigenvalue weighted by Crippen LogP contribution is 2.34. The molecule has 0 N–H and O–H groups in total. The molecule has 0 radical (unpaired) electrons. The van der Waals surface area contributed by atoms with Crippen molar-refractivity contribution >= 4 is 79.9 Å². The molecular weight excluding hydrogens is 745 g/mol.